The molecule has 0 spiro atoms. The Bertz CT molecular complexity index is 597. The highest BCUT2D eigenvalue weighted by atomic mass is 35.5. The predicted octanol–water partition coefficient (Wildman–Crippen LogP) is 4.44. The zero-order valence-corrected chi connectivity index (χ0v) is 12.3. The normalized spacial score (nSPS) is 16.8. The largest absolute Gasteiger partial charge is 0.490 e. The zero-order chi connectivity index (χ0) is 13.9. The molecule has 0 bridgehead atoms. The van der Waals surface area contributed by atoms with E-state index >= 15 is 0 Å². The van der Waals surface area contributed by atoms with Gasteiger partial charge in [0.2, 0.25) is 0 Å². The molecule has 2 aromatic carbocycles. The van der Waals surface area contributed by atoms with Crippen molar-refractivity contribution in [1.29, 1.82) is 0 Å². The van der Waals surface area contributed by atoms with Gasteiger partial charge in [0.05, 0.1) is 11.1 Å². The molecule has 3 rings (SSSR count). The molecule has 1 N–H and O–H groups in total. The molecule has 1 aliphatic rings. The monoisotopic (exact) mass is 287 g/mol. The summed E-state index contributed by atoms with van der Waals surface area (Å²) in [5, 5.41) is 4.21. The van der Waals surface area contributed by atoms with Crippen LogP contribution in [0.4, 0.5) is 0 Å². The topological polar surface area (TPSA) is 21.3 Å². The molecule has 0 amide bonds. The Balaban J connectivity index is 1.98. The first-order valence-electron chi connectivity index (χ1n) is 7.04. The van der Waals surface area contributed by atoms with Crippen LogP contribution in [0.25, 0.3) is 11.1 Å². The highest BCUT2D eigenvalue weighted by Gasteiger charge is 2.26. The third-order valence-corrected chi connectivity index (χ3v) is 3.87. The van der Waals surface area contributed by atoms with Crippen molar-refractivity contribution >= 4 is 11.6 Å². The van der Waals surface area contributed by atoms with Gasteiger partial charge in [0, 0.05) is 5.56 Å². The summed E-state index contributed by atoms with van der Waals surface area (Å²) >= 11 is 6.37. The summed E-state index contributed by atoms with van der Waals surface area (Å²) in [5.41, 5.74) is 3.49. The Morgan fingerprint density at radius 3 is 2.75 bits per heavy atom. The van der Waals surface area contributed by atoms with Crippen molar-refractivity contribution in [2.24, 2.45) is 0 Å². The van der Waals surface area contributed by atoms with Crippen LogP contribution in [0.2, 0.25) is 5.02 Å². The van der Waals surface area contributed by atoms with Gasteiger partial charge in [0.25, 0.3) is 0 Å². The third-order valence-electron chi connectivity index (χ3n) is 3.59. The molecule has 1 unspecified atom stereocenters. The van der Waals surface area contributed by atoms with Gasteiger partial charge in [-0.1, -0.05) is 48.9 Å². The van der Waals surface area contributed by atoms with E-state index < -0.39 is 0 Å². The lowest BCUT2D eigenvalue weighted by atomic mass is 10.00. The van der Waals surface area contributed by atoms with Gasteiger partial charge < -0.3 is 10.1 Å². The van der Waals surface area contributed by atoms with Crippen LogP contribution in [-0.4, -0.2) is 13.2 Å². The molecule has 0 radical (unpaired) electrons. The average Bonchev–Trinajstić information content (AvgIpc) is 2.89. The van der Waals surface area contributed by atoms with Crippen LogP contribution in [0, 0.1) is 0 Å². The molecule has 0 saturated heterocycles. The van der Waals surface area contributed by atoms with Gasteiger partial charge in [0.15, 0.2) is 0 Å². The SMILES string of the molecule is CCCNC1COc2c(Cl)cc(-c3ccccc3)cc21. The maximum absolute atomic E-state index is 6.37. The van der Waals surface area contributed by atoms with E-state index in [2.05, 4.69) is 30.4 Å². The molecule has 0 fully saturated rings. The lowest BCUT2D eigenvalue weighted by Gasteiger charge is -2.12. The molecule has 3 heteroatoms. The number of benzene rings is 2. The van der Waals surface area contributed by atoms with Crippen LogP contribution in [0.5, 0.6) is 5.75 Å². The minimum Gasteiger partial charge on any atom is -0.490 e. The second-order valence-electron chi connectivity index (χ2n) is 5.06. The van der Waals surface area contributed by atoms with Gasteiger partial charge in [-0.25, -0.2) is 0 Å². The summed E-state index contributed by atoms with van der Waals surface area (Å²) in [5.74, 6) is 0.833. The summed E-state index contributed by atoms with van der Waals surface area (Å²) in [6.45, 7) is 3.81. The number of nitrogens with one attached hydrogen (secondary N) is 1. The first-order chi connectivity index (χ1) is 9.79. The molecule has 1 aliphatic heterocycles. The standard InChI is InChI=1S/C17H18ClNO/c1-2-8-19-16-11-20-17-14(16)9-13(10-15(17)18)12-6-4-3-5-7-12/h3-7,9-10,16,19H,2,8,11H2,1H3. The van der Waals surface area contributed by atoms with Gasteiger partial charge in [0.1, 0.15) is 12.4 Å². The third kappa shape index (κ3) is 2.54. The van der Waals surface area contributed by atoms with E-state index in [1.807, 2.05) is 24.3 Å². The number of fused-ring (bicyclic) bond motifs is 1. The van der Waals surface area contributed by atoms with E-state index in [0.717, 1.165) is 24.3 Å². The molecular formula is C17H18ClNO. The molecule has 0 aromatic heterocycles. The maximum Gasteiger partial charge on any atom is 0.142 e. The van der Waals surface area contributed by atoms with Gasteiger partial charge >= 0.3 is 0 Å². The lowest BCUT2D eigenvalue weighted by molar-refractivity contribution is 0.311. The molecule has 2 aromatic rings. The maximum atomic E-state index is 6.37. The summed E-state index contributed by atoms with van der Waals surface area (Å²) < 4.78 is 5.74. The first kappa shape index (κ1) is 13.5. The van der Waals surface area contributed by atoms with Crippen LogP contribution in [0.15, 0.2) is 42.5 Å². The van der Waals surface area contributed by atoms with Crippen molar-refractivity contribution in [3.63, 3.8) is 0 Å². The lowest BCUT2D eigenvalue weighted by Crippen LogP contribution is -2.23. The van der Waals surface area contributed by atoms with E-state index in [1.54, 1.807) is 0 Å². The zero-order valence-electron chi connectivity index (χ0n) is 11.5. The van der Waals surface area contributed by atoms with Crippen molar-refractivity contribution < 1.29 is 4.74 Å². The molecule has 104 valence electrons. The fourth-order valence-electron chi connectivity index (χ4n) is 2.57. The first-order valence-corrected chi connectivity index (χ1v) is 7.42. The average molecular weight is 288 g/mol. The Morgan fingerprint density at radius 1 is 1.20 bits per heavy atom. The number of hydrogen-bond donors (Lipinski definition) is 1. The van der Waals surface area contributed by atoms with Crippen LogP contribution in [0.1, 0.15) is 24.9 Å². The van der Waals surface area contributed by atoms with E-state index in [4.69, 9.17) is 16.3 Å². The predicted molar refractivity (Wildman–Crippen MR) is 83.4 cm³/mol. The fraction of sp³-hybridized carbons (Fsp3) is 0.294. The second-order valence-corrected chi connectivity index (χ2v) is 5.47. The quantitative estimate of drug-likeness (QED) is 0.897. The van der Waals surface area contributed by atoms with Gasteiger partial charge in [-0.15, -0.1) is 0 Å². The summed E-state index contributed by atoms with van der Waals surface area (Å²) in [6, 6.07) is 14.7. The number of ether oxygens (including phenoxy) is 1. The van der Waals surface area contributed by atoms with E-state index in [-0.39, 0.29) is 6.04 Å². The number of hydrogen-bond acceptors (Lipinski definition) is 2. The molecule has 1 atom stereocenters. The highest BCUT2D eigenvalue weighted by molar-refractivity contribution is 6.32. The van der Waals surface area contributed by atoms with Crippen molar-refractivity contribution in [1.82, 2.24) is 5.32 Å². The minimum absolute atomic E-state index is 0.242. The van der Waals surface area contributed by atoms with Crippen LogP contribution in [-0.2, 0) is 0 Å². The van der Waals surface area contributed by atoms with Crippen molar-refractivity contribution in [2.75, 3.05) is 13.2 Å². The van der Waals surface area contributed by atoms with Crippen molar-refractivity contribution in [2.45, 2.75) is 19.4 Å². The van der Waals surface area contributed by atoms with E-state index in [9.17, 15) is 0 Å². The molecule has 0 aliphatic carbocycles. The Morgan fingerprint density at radius 2 is 2.00 bits per heavy atom. The van der Waals surface area contributed by atoms with Gasteiger partial charge in [-0.05, 0) is 36.2 Å². The highest BCUT2D eigenvalue weighted by Crippen LogP contribution is 2.41. The van der Waals surface area contributed by atoms with Gasteiger partial charge in [-0.2, -0.15) is 0 Å². The Labute approximate surface area is 124 Å². The minimum atomic E-state index is 0.242. The Kier molecular flexibility index (Phi) is 3.95. The molecule has 0 saturated carbocycles. The van der Waals surface area contributed by atoms with Crippen molar-refractivity contribution in [3.8, 4) is 16.9 Å². The van der Waals surface area contributed by atoms with Crippen molar-refractivity contribution in [3.05, 3.63) is 53.1 Å². The number of rotatable bonds is 4. The van der Waals surface area contributed by atoms with Gasteiger partial charge in [-0.3, -0.25) is 0 Å². The number of halogens is 1. The summed E-state index contributed by atoms with van der Waals surface area (Å²) in [4.78, 5) is 0. The fourth-order valence-corrected chi connectivity index (χ4v) is 2.85. The van der Waals surface area contributed by atoms with Crippen LogP contribution < -0.4 is 10.1 Å². The molecular weight excluding hydrogens is 270 g/mol. The van der Waals surface area contributed by atoms with Crippen LogP contribution >= 0.6 is 11.6 Å². The second kappa shape index (κ2) is 5.86. The van der Waals surface area contributed by atoms with E-state index in [1.165, 1.54) is 11.1 Å². The van der Waals surface area contributed by atoms with E-state index in [0.29, 0.717) is 11.6 Å². The molecule has 1 heterocycles. The van der Waals surface area contributed by atoms with Crippen LogP contribution in [0.3, 0.4) is 0 Å². The summed E-state index contributed by atoms with van der Waals surface area (Å²) in [7, 11) is 0. The molecule has 20 heavy (non-hydrogen) atoms. The summed E-state index contributed by atoms with van der Waals surface area (Å²) in [6.07, 6.45) is 1.11. The smallest absolute Gasteiger partial charge is 0.142 e. The Hall–Kier alpha value is -1.51. The molecule has 2 nitrogen and oxygen atoms in total.